The van der Waals surface area contributed by atoms with Gasteiger partial charge in [-0.15, -0.1) is 0 Å². The van der Waals surface area contributed by atoms with E-state index in [0.717, 1.165) is 13.1 Å². The van der Waals surface area contributed by atoms with Crippen LogP contribution in [-0.4, -0.2) is 95.9 Å². The predicted octanol–water partition coefficient (Wildman–Crippen LogP) is 10.3. The zero-order valence-electron chi connectivity index (χ0n) is 33.0. The Hall–Kier alpha value is -0.240. The highest BCUT2D eigenvalue weighted by atomic mass is 16.3. The van der Waals surface area contributed by atoms with Crippen LogP contribution in [0.3, 0.4) is 0 Å². The van der Waals surface area contributed by atoms with E-state index in [2.05, 4.69) is 23.6 Å². The van der Waals surface area contributed by atoms with Gasteiger partial charge in [-0.2, -0.15) is 0 Å². The molecule has 0 saturated carbocycles. The first-order valence-corrected chi connectivity index (χ1v) is 21.6. The van der Waals surface area contributed by atoms with Crippen LogP contribution in [0.15, 0.2) is 0 Å². The van der Waals surface area contributed by atoms with Crippen molar-refractivity contribution in [1.29, 1.82) is 0 Å². The van der Waals surface area contributed by atoms with Gasteiger partial charge in [-0.3, -0.25) is 9.80 Å². The SMILES string of the molecule is CCCCCCCCCCCCCCCCCCN(CCO)CCO.CCCCCCCCCCCCCCCCN(CCO)CCO. The van der Waals surface area contributed by atoms with Crippen LogP contribution in [-0.2, 0) is 0 Å². The summed E-state index contributed by atoms with van der Waals surface area (Å²) >= 11 is 0. The molecule has 0 atom stereocenters. The molecule has 0 aliphatic heterocycles. The van der Waals surface area contributed by atoms with Crippen molar-refractivity contribution in [3.8, 4) is 0 Å². The van der Waals surface area contributed by atoms with Gasteiger partial charge in [0.2, 0.25) is 0 Å². The molecule has 4 N–H and O–H groups in total. The molecular weight excluding hydrogens is 596 g/mol. The fraction of sp³-hybridized carbons (Fsp3) is 1.00. The summed E-state index contributed by atoms with van der Waals surface area (Å²) in [4.78, 5) is 4.31. The third-order valence-electron chi connectivity index (χ3n) is 9.82. The lowest BCUT2D eigenvalue weighted by atomic mass is 10.0. The second-order valence-corrected chi connectivity index (χ2v) is 14.5. The van der Waals surface area contributed by atoms with E-state index in [1.807, 2.05) is 0 Å². The van der Waals surface area contributed by atoms with Crippen molar-refractivity contribution in [2.45, 2.75) is 206 Å². The van der Waals surface area contributed by atoms with Gasteiger partial charge in [-0.05, 0) is 25.9 Å². The lowest BCUT2D eigenvalue weighted by Crippen LogP contribution is -2.30. The molecular formula is C42H90N2O4. The van der Waals surface area contributed by atoms with Crippen molar-refractivity contribution in [3.63, 3.8) is 0 Å². The van der Waals surface area contributed by atoms with Crippen molar-refractivity contribution in [1.82, 2.24) is 9.80 Å². The maximum absolute atomic E-state index is 8.97. The molecule has 0 saturated heterocycles. The monoisotopic (exact) mass is 687 g/mol. The first-order valence-electron chi connectivity index (χ1n) is 21.6. The molecule has 0 aromatic carbocycles. The van der Waals surface area contributed by atoms with E-state index in [4.69, 9.17) is 20.4 Å². The van der Waals surface area contributed by atoms with E-state index in [9.17, 15) is 0 Å². The zero-order valence-corrected chi connectivity index (χ0v) is 33.0. The molecule has 0 unspecified atom stereocenters. The van der Waals surface area contributed by atoms with Gasteiger partial charge in [0.15, 0.2) is 0 Å². The molecule has 0 radical (unpaired) electrons. The minimum Gasteiger partial charge on any atom is -0.395 e. The fourth-order valence-electron chi connectivity index (χ4n) is 6.65. The predicted molar refractivity (Wildman–Crippen MR) is 211 cm³/mol. The molecule has 6 heteroatoms. The molecule has 0 rings (SSSR count). The third kappa shape index (κ3) is 43.8. The fourth-order valence-corrected chi connectivity index (χ4v) is 6.65. The number of aliphatic hydroxyl groups excluding tert-OH is 4. The summed E-state index contributed by atoms with van der Waals surface area (Å²) in [7, 11) is 0. The molecule has 0 spiro atoms. The number of hydrogen-bond donors (Lipinski definition) is 4. The van der Waals surface area contributed by atoms with Gasteiger partial charge in [-0.25, -0.2) is 0 Å². The Labute approximate surface area is 301 Å². The summed E-state index contributed by atoms with van der Waals surface area (Å²) in [5, 5.41) is 35.9. The van der Waals surface area contributed by atoms with Crippen LogP contribution in [0.5, 0.6) is 0 Å². The normalized spacial score (nSPS) is 11.5. The second-order valence-electron chi connectivity index (χ2n) is 14.5. The molecule has 0 aromatic heterocycles. The standard InChI is InChI=1S/C22H47NO2.C20H43NO2/c1-2-3-4-5-6-7-8-9-10-11-12-13-14-15-16-17-18-23(19-21-24)20-22-25;1-2-3-4-5-6-7-8-9-10-11-12-13-14-15-16-21(17-19-22)18-20-23/h24-25H,2-22H2,1H3;22-23H,2-20H2,1H3. The van der Waals surface area contributed by atoms with E-state index >= 15 is 0 Å². The van der Waals surface area contributed by atoms with Crippen LogP contribution in [0.25, 0.3) is 0 Å². The summed E-state index contributed by atoms with van der Waals surface area (Å²) in [5.41, 5.74) is 0. The van der Waals surface area contributed by atoms with E-state index in [1.54, 1.807) is 0 Å². The van der Waals surface area contributed by atoms with Crippen LogP contribution in [0, 0.1) is 0 Å². The van der Waals surface area contributed by atoms with Crippen LogP contribution in [0.1, 0.15) is 206 Å². The number of nitrogens with zero attached hydrogens (tertiary/aromatic N) is 2. The van der Waals surface area contributed by atoms with Gasteiger partial charge in [-0.1, -0.05) is 194 Å². The van der Waals surface area contributed by atoms with Crippen LogP contribution in [0.2, 0.25) is 0 Å². The number of unbranched alkanes of at least 4 members (excludes halogenated alkanes) is 28. The second kappa shape index (κ2) is 46.8. The largest absolute Gasteiger partial charge is 0.395 e. The van der Waals surface area contributed by atoms with E-state index in [0.29, 0.717) is 26.2 Å². The van der Waals surface area contributed by atoms with Gasteiger partial charge >= 0.3 is 0 Å². The maximum Gasteiger partial charge on any atom is 0.0558 e. The summed E-state index contributed by atoms with van der Waals surface area (Å²) in [5.74, 6) is 0. The summed E-state index contributed by atoms with van der Waals surface area (Å²) in [6.07, 6.45) is 41.7. The topological polar surface area (TPSA) is 87.4 Å². The highest BCUT2D eigenvalue weighted by Crippen LogP contribution is 2.15. The Morgan fingerprint density at radius 3 is 0.562 bits per heavy atom. The summed E-state index contributed by atoms with van der Waals surface area (Å²) in [6.45, 7) is 10.1. The maximum atomic E-state index is 8.97. The average Bonchev–Trinajstić information content (AvgIpc) is 3.09. The Morgan fingerprint density at radius 2 is 0.396 bits per heavy atom. The number of hydrogen-bond acceptors (Lipinski definition) is 6. The van der Waals surface area contributed by atoms with Gasteiger partial charge in [0.05, 0.1) is 26.4 Å². The molecule has 0 fully saturated rings. The van der Waals surface area contributed by atoms with Crippen molar-refractivity contribution in [2.24, 2.45) is 0 Å². The highest BCUT2D eigenvalue weighted by molar-refractivity contribution is 4.59. The van der Waals surface area contributed by atoms with E-state index in [-0.39, 0.29) is 26.4 Å². The highest BCUT2D eigenvalue weighted by Gasteiger charge is 2.04. The van der Waals surface area contributed by atoms with Gasteiger partial charge in [0.1, 0.15) is 0 Å². The van der Waals surface area contributed by atoms with Gasteiger partial charge in [0.25, 0.3) is 0 Å². The van der Waals surface area contributed by atoms with Gasteiger partial charge in [0, 0.05) is 26.2 Å². The molecule has 0 aliphatic carbocycles. The van der Waals surface area contributed by atoms with Crippen LogP contribution in [0.4, 0.5) is 0 Å². The Bertz CT molecular complexity index is 528. The van der Waals surface area contributed by atoms with E-state index in [1.165, 1.54) is 193 Å². The molecule has 48 heavy (non-hydrogen) atoms. The average molecular weight is 687 g/mol. The zero-order chi connectivity index (χ0) is 35.4. The molecule has 0 aromatic rings. The van der Waals surface area contributed by atoms with Crippen molar-refractivity contribution >= 4 is 0 Å². The molecule has 6 nitrogen and oxygen atoms in total. The van der Waals surface area contributed by atoms with Gasteiger partial charge < -0.3 is 20.4 Å². The van der Waals surface area contributed by atoms with Crippen LogP contribution >= 0.6 is 0 Å². The first-order chi connectivity index (χ1) is 23.7. The Morgan fingerprint density at radius 1 is 0.229 bits per heavy atom. The molecule has 0 aliphatic rings. The number of aliphatic hydroxyl groups is 4. The third-order valence-corrected chi connectivity index (χ3v) is 9.82. The Balaban J connectivity index is 0. The quantitative estimate of drug-likeness (QED) is 0.0480. The summed E-state index contributed by atoms with van der Waals surface area (Å²) < 4.78 is 0. The summed E-state index contributed by atoms with van der Waals surface area (Å²) in [6, 6.07) is 0. The first kappa shape index (κ1) is 49.9. The molecule has 0 heterocycles. The Kier molecular flexibility index (Phi) is 48.6. The minimum absolute atomic E-state index is 0.193. The lowest BCUT2D eigenvalue weighted by Gasteiger charge is -2.19. The van der Waals surface area contributed by atoms with E-state index < -0.39 is 0 Å². The number of rotatable bonds is 40. The molecule has 0 amide bonds. The van der Waals surface area contributed by atoms with Crippen molar-refractivity contribution in [2.75, 3.05) is 65.7 Å². The minimum atomic E-state index is 0.193. The van der Waals surface area contributed by atoms with Crippen molar-refractivity contribution < 1.29 is 20.4 Å². The van der Waals surface area contributed by atoms with Crippen LogP contribution < -0.4 is 0 Å². The molecule has 292 valence electrons. The smallest absolute Gasteiger partial charge is 0.0558 e. The molecule has 0 bridgehead atoms. The lowest BCUT2D eigenvalue weighted by molar-refractivity contribution is 0.158. The van der Waals surface area contributed by atoms with Crippen molar-refractivity contribution in [3.05, 3.63) is 0 Å².